The smallest absolute Gasteiger partial charge is 0.341 e. The number of hydrogen-bond donors (Lipinski definition) is 1. The largest absolute Gasteiger partial charge is 0.462 e. The van der Waals surface area contributed by atoms with E-state index in [2.05, 4.69) is 10.00 Å². The molecule has 1 aromatic carbocycles. The second-order valence-corrected chi connectivity index (χ2v) is 7.01. The van der Waals surface area contributed by atoms with E-state index in [0.29, 0.717) is 23.7 Å². The average Bonchev–Trinajstić information content (AvgIpc) is 3.06. The molecule has 1 saturated heterocycles. The highest BCUT2D eigenvalue weighted by Gasteiger charge is 2.26. The zero-order chi connectivity index (χ0) is 19.4. The molecular formula is C19H23ClN4O3. The fourth-order valence-corrected chi connectivity index (χ4v) is 3.51. The van der Waals surface area contributed by atoms with Gasteiger partial charge < -0.3 is 10.5 Å². The first-order chi connectivity index (χ1) is 13.0. The van der Waals surface area contributed by atoms with Crippen LogP contribution in [0.25, 0.3) is 5.69 Å². The zero-order valence-corrected chi connectivity index (χ0v) is 16.0. The Morgan fingerprint density at radius 2 is 2.07 bits per heavy atom. The predicted molar refractivity (Wildman–Crippen MR) is 102 cm³/mol. The van der Waals surface area contributed by atoms with Gasteiger partial charge in [-0.3, -0.25) is 9.69 Å². The second-order valence-electron chi connectivity index (χ2n) is 6.57. The highest BCUT2D eigenvalue weighted by atomic mass is 35.5. The van der Waals surface area contributed by atoms with Gasteiger partial charge in [0.15, 0.2) is 0 Å². The maximum atomic E-state index is 12.4. The van der Waals surface area contributed by atoms with Crippen molar-refractivity contribution in [1.82, 2.24) is 14.7 Å². The molecule has 2 heterocycles. The summed E-state index contributed by atoms with van der Waals surface area (Å²) in [6, 6.07) is 7.31. The molecule has 27 heavy (non-hydrogen) atoms. The lowest BCUT2D eigenvalue weighted by atomic mass is 9.96. The van der Waals surface area contributed by atoms with Crippen LogP contribution in [0.3, 0.4) is 0 Å². The molecule has 0 bridgehead atoms. The second kappa shape index (κ2) is 8.54. The molecule has 1 fully saturated rings. The first-order valence-electron chi connectivity index (χ1n) is 9.01. The first-order valence-corrected chi connectivity index (χ1v) is 9.39. The Kier molecular flexibility index (Phi) is 6.13. The highest BCUT2D eigenvalue weighted by molar-refractivity contribution is 6.30. The minimum Gasteiger partial charge on any atom is -0.462 e. The Morgan fingerprint density at radius 3 is 2.70 bits per heavy atom. The minimum atomic E-state index is -0.396. The Hall–Kier alpha value is -2.38. The van der Waals surface area contributed by atoms with E-state index in [0.717, 1.165) is 37.3 Å². The monoisotopic (exact) mass is 390 g/mol. The number of hydrogen-bond acceptors (Lipinski definition) is 5. The molecule has 0 radical (unpaired) electrons. The first kappa shape index (κ1) is 19.4. The van der Waals surface area contributed by atoms with E-state index in [1.54, 1.807) is 23.7 Å². The van der Waals surface area contributed by atoms with E-state index in [1.807, 2.05) is 12.1 Å². The van der Waals surface area contributed by atoms with Gasteiger partial charge in [0.05, 0.1) is 24.2 Å². The summed E-state index contributed by atoms with van der Waals surface area (Å²) >= 11 is 6.12. The number of carbonyl (C=O) groups is 2. The van der Waals surface area contributed by atoms with E-state index in [1.165, 1.54) is 6.20 Å². The molecule has 1 amide bonds. The standard InChI is InChI=1S/C19H23ClN4O3/c1-2-27-19(26)16-11-22-24(15-5-3-4-14(20)10-15)17(16)12-23-8-6-13(7-9-23)18(21)25/h3-5,10-11,13H,2,6-9,12H2,1H3,(H2,21,25). The Morgan fingerprint density at radius 1 is 1.33 bits per heavy atom. The zero-order valence-electron chi connectivity index (χ0n) is 15.2. The van der Waals surface area contributed by atoms with Gasteiger partial charge in [0.25, 0.3) is 0 Å². The van der Waals surface area contributed by atoms with Crippen LogP contribution in [0.1, 0.15) is 35.8 Å². The molecule has 7 nitrogen and oxygen atoms in total. The number of aromatic nitrogens is 2. The van der Waals surface area contributed by atoms with Crippen LogP contribution < -0.4 is 5.73 Å². The van der Waals surface area contributed by atoms with E-state index < -0.39 is 5.97 Å². The van der Waals surface area contributed by atoms with Crippen LogP contribution in [0.5, 0.6) is 0 Å². The van der Waals surface area contributed by atoms with Crippen molar-refractivity contribution in [2.24, 2.45) is 11.7 Å². The molecule has 0 spiro atoms. The SMILES string of the molecule is CCOC(=O)c1cnn(-c2cccc(Cl)c2)c1CN1CCC(C(N)=O)CC1. The molecule has 1 aliphatic rings. The van der Waals surface area contributed by atoms with Crippen molar-refractivity contribution < 1.29 is 14.3 Å². The van der Waals surface area contributed by atoms with Crippen molar-refractivity contribution in [2.75, 3.05) is 19.7 Å². The fraction of sp³-hybridized carbons (Fsp3) is 0.421. The van der Waals surface area contributed by atoms with Gasteiger partial charge in [-0.1, -0.05) is 17.7 Å². The summed E-state index contributed by atoms with van der Waals surface area (Å²) in [6.45, 7) is 4.05. The maximum absolute atomic E-state index is 12.4. The molecule has 0 atom stereocenters. The fourth-order valence-electron chi connectivity index (χ4n) is 3.32. The molecule has 2 N–H and O–H groups in total. The normalized spacial score (nSPS) is 15.6. The van der Waals surface area contributed by atoms with Crippen LogP contribution in [0.15, 0.2) is 30.5 Å². The van der Waals surface area contributed by atoms with Crippen LogP contribution in [-0.4, -0.2) is 46.3 Å². The third-order valence-electron chi connectivity index (χ3n) is 4.78. The van der Waals surface area contributed by atoms with E-state index >= 15 is 0 Å². The predicted octanol–water partition coefficient (Wildman–Crippen LogP) is 2.40. The average molecular weight is 391 g/mol. The third kappa shape index (κ3) is 4.48. The van der Waals surface area contributed by atoms with Crippen molar-refractivity contribution in [3.05, 3.63) is 46.7 Å². The molecular weight excluding hydrogens is 368 g/mol. The molecule has 0 unspecified atom stereocenters. The number of esters is 1. The topological polar surface area (TPSA) is 90.4 Å². The lowest BCUT2D eigenvalue weighted by Crippen LogP contribution is -2.38. The van der Waals surface area contributed by atoms with Crippen LogP contribution in [0, 0.1) is 5.92 Å². The lowest BCUT2D eigenvalue weighted by molar-refractivity contribution is -0.123. The number of benzene rings is 1. The van der Waals surface area contributed by atoms with Crippen molar-refractivity contribution in [1.29, 1.82) is 0 Å². The molecule has 1 aliphatic heterocycles. The van der Waals surface area contributed by atoms with E-state index in [9.17, 15) is 9.59 Å². The summed E-state index contributed by atoms with van der Waals surface area (Å²) in [6.07, 6.45) is 2.97. The Bertz CT molecular complexity index is 828. The molecule has 0 saturated carbocycles. The number of primary amides is 1. The summed E-state index contributed by atoms with van der Waals surface area (Å²) in [5.74, 6) is -0.720. The van der Waals surface area contributed by atoms with Crippen molar-refractivity contribution in [3.63, 3.8) is 0 Å². The molecule has 1 aromatic heterocycles. The molecule has 144 valence electrons. The number of halogens is 1. The number of ether oxygens (including phenoxy) is 1. The molecule has 3 rings (SSSR count). The molecule has 2 aromatic rings. The van der Waals surface area contributed by atoms with E-state index in [-0.39, 0.29) is 11.8 Å². The van der Waals surface area contributed by atoms with Crippen LogP contribution in [0.2, 0.25) is 5.02 Å². The van der Waals surface area contributed by atoms with Gasteiger partial charge in [-0.15, -0.1) is 0 Å². The lowest BCUT2D eigenvalue weighted by Gasteiger charge is -2.30. The molecule has 0 aliphatic carbocycles. The van der Waals surface area contributed by atoms with Crippen LogP contribution in [0.4, 0.5) is 0 Å². The van der Waals surface area contributed by atoms with Crippen molar-refractivity contribution in [3.8, 4) is 5.69 Å². The van der Waals surface area contributed by atoms with Gasteiger partial charge >= 0.3 is 5.97 Å². The minimum absolute atomic E-state index is 0.0800. The summed E-state index contributed by atoms with van der Waals surface area (Å²) in [5.41, 5.74) is 7.38. The number of nitrogens with two attached hydrogens (primary N) is 1. The number of piperidine rings is 1. The van der Waals surface area contributed by atoms with Gasteiger partial charge in [-0.25, -0.2) is 9.48 Å². The van der Waals surface area contributed by atoms with Crippen molar-refractivity contribution in [2.45, 2.75) is 26.3 Å². The van der Waals surface area contributed by atoms with Gasteiger partial charge in [0.2, 0.25) is 5.91 Å². The van der Waals surface area contributed by atoms with E-state index in [4.69, 9.17) is 22.1 Å². The Balaban J connectivity index is 1.88. The number of rotatable bonds is 6. The van der Waals surface area contributed by atoms with Gasteiger partial charge in [0.1, 0.15) is 5.56 Å². The number of amides is 1. The molecule has 8 heteroatoms. The number of nitrogens with zero attached hydrogens (tertiary/aromatic N) is 3. The number of carbonyl (C=O) groups excluding carboxylic acids is 2. The van der Waals surface area contributed by atoms with Gasteiger partial charge in [-0.05, 0) is 51.1 Å². The summed E-state index contributed by atoms with van der Waals surface area (Å²) in [7, 11) is 0. The summed E-state index contributed by atoms with van der Waals surface area (Å²) in [5, 5.41) is 4.99. The highest BCUT2D eigenvalue weighted by Crippen LogP contribution is 2.23. The van der Waals surface area contributed by atoms with Gasteiger partial charge in [-0.2, -0.15) is 5.10 Å². The number of likely N-dealkylation sites (tertiary alicyclic amines) is 1. The summed E-state index contributed by atoms with van der Waals surface area (Å²) in [4.78, 5) is 26.0. The van der Waals surface area contributed by atoms with Crippen molar-refractivity contribution >= 4 is 23.5 Å². The third-order valence-corrected chi connectivity index (χ3v) is 5.02. The maximum Gasteiger partial charge on any atom is 0.341 e. The van der Waals surface area contributed by atoms with Crippen LogP contribution >= 0.6 is 11.6 Å². The summed E-state index contributed by atoms with van der Waals surface area (Å²) < 4.78 is 6.90. The Labute approximate surface area is 163 Å². The van der Waals surface area contributed by atoms with Gasteiger partial charge in [0, 0.05) is 17.5 Å². The van der Waals surface area contributed by atoms with Crippen LogP contribution in [-0.2, 0) is 16.1 Å². The quantitative estimate of drug-likeness (QED) is 0.765.